The quantitative estimate of drug-likeness (QED) is 0.613. The number of hydrogen-bond acceptors (Lipinski definition) is 2. The summed E-state index contributed by atoms with van der Waals surface area (Å²) >= 11 is 0. The van der Waals surface area contributed by atoms with Crippen LogP contribution in [0.4, 0.5) is 0 Å². The zero-order chi connectivity index (χ0) is 15.8. The van der Waals surface area contributed by atoms with Crippen molar-refractivity contribution < 1.29 is 4.79 Å². The van der Waals surface area contributed by atoms with Crippen LogP contribution in [0.25, 0.3) is 0 Å². The molecule has 1 aliphatic heterocycles. The fraction of sp³-hybridized carbons (Fsp3) is 0.944. The molecule has 124 valence electrons. The Kier molecular flexibility index (Phi) is 8.31. The molecule has 1 rings (SSSR count). The van der Waals surface area contributed by atoms with Crippen LogP contribution in [0.2, 0.25) is 0 Å². The number of rotatable bonds is 10. The molecule has 1 aliphatic rings. The molecule has 0 aromatic carbocycles. The molecule has 1 N–H and O–H groups in total. The predicted molar refractivity (Wildman–Crippen MR) is 90.1 cm³/mol. The molecule has 21 heavy (non-hydrogen) atoms. The summed E-state index contributed by atoms with van der Waals surface area (Å²) in [7, 11) is 0. The number of carbonyl (C=O) groups is 1. The van der Waals surface area contributed by atoms with E-state index in [1.54, 1.807) is 0 Å². The summed E-state index contributed by atoms with van der Waals surface area (Å²) in [6.45, 7) is 12.1. The van der Waals surface area contributed by atoms with Crippen molar-refractivity contribution >= 4 is 5.91 Å². The van der Waals surface area contributed by atoms with Crippen molar-refractivity contribution in [3.63, 3.8) is 0 Å². The van der Waals surface area contributed by atoms with Crippen LogP contribution >= 0.6 is 0 Å². The first kappa shape index (κ1) is 18.5. The van der Waals surface area contributed by atoms with Gasteiger partial charge in [0.1, 0.15) is 0 Å². The van der Waals surface area contributed by atoms with E-state index in [0.29, 0.717) is 11.8 Å². The molecule has 1 fully saturated rings. The minimum Gasteiger partial charge on any atom is -0.326 e. The van der Waals surface area contributed by atoms with E-state index in [1.165, 1.54) is 25.7 Å². The SMILES string of the molecule is CCCC1NC(C(C)C)N(CCCCCCC(C)C)C1=O. The number of unbranched alkanes of at least 4 members (excludes halogenated alkanes) is 3. The fourth-order valence-electron chi connectivity index (χ4n) is 3.19. The van der Waals surface area contributed by atoms with E-state index in [1.807, 2.05) is 0 Å². The maximum absolute atomic E-state index is 12.5. The zero-order valence-corrected chi connectivity index (χ0v) is 14.8. The molecule has 3 heteroatoms. The largest absolute Gasteiger partial charge is 0.326 e. The summed E-state index contributed by atoms with van der Waals surface area (Å²) in [5.74, 6) is 1.63. The Labute approximate surface area is 131 Å². The van der Waals surface area contributed by atoms with Gasteiger partial charge in [0, 0.05) is 6.54 Å². The van der Waals surface area contributed by atoms with E-state index in [4.69, 9.17) is 0 Å². The molecule has 2 unspecified atom stereocenters. The van der Waals surface area contributed by atoms with E-state index in [0.717, 1.165) is 31.7 Å². The summed E-state index contributed by atoms with van der Waals surface area (Å²) in [6.07, 6.45) is 8.63. The summed E-state index contributed by atoms with van der Waals surface area (Å²) < 4.78 is 0. The second-order valence-electron chi connectivity index (χ2n) is 7.33. The van der Waals surface area contributed by atoms with Gasteiger partial charge in [-0.1, -0.05) is 66.7 Å². The molecule has 2 atom stereocenters. The molecule has 1 heterocycles. The molecule has 0 saturated carbocycles. The van der Waals surface area contributed by atoms with Crippen molar-refractivity contribution in [1.82, 2.24) is 10.2 Å². The lowest BCUT2D eigenvalue weighted by atomic mass is 10.0. The average molecular weight is 296 g/mol. The van der Waals surface area contributed by atoms with Gasteiger partial charge < -0.3 is 4.90 Å². The molecule has 0 aromatic rings. The highest BCUT2D eigenvalue weighted by Crippen LogP contribution is 2.21. The molecule has 0 radical (unpaired) electrons. The number of amides is 1. The third-order valence-corrected chi connectivity index (χ3v) is 4.43. The maximum atomic E-state index is 12.5. The van der Waals surface area contributed by atoms with Crippen LogP contribution in [0.1, 0.15) is 79.6 Å². The third kappa shape index (κ3) is 5.98. The van der Waals surface area contributed by atoms with Crippen LogP contribution in [0, 0.1) is 11.8 Å². The van der Waals surface area contributed by atoms with E-state index < -0.39 is 0 Å². The van der Waals surface area contributed by atoms with Crippen molar-refractivity contribution in [1.29, 1.82) is 0 Å². The van der Waals surface area contributed by atoms with Gasteiger partial charge in [0.25, 0.3) is 0 Å². The Hall–Kier alpha value is -0.570. The molecule has 0 aliphatic carbocycles. The monoisotopic (exact) mass is 296 g/mol. The number of nitrogens with one attached hydrogen (secondary N) is 1. The highest BCUT2D eigenvalue weighted by molar-refractivity contribution is 5.84. The Balaban J connectivity index is 2.34. The Morgan fingerprint density at radius 1 is 1.10 bits per heavy atom. The average Bonchev–Trinajstić information content (AvgIpc) is 2.72. The van der Waals surface area contributed by atoms with E-state index in [-0.39, 0.29) is 12.2 Å². The van der Waals surface area contributed by atoms with Gasteiger partial charge in [0.05, 0.1) is 12.2 Å². The van der Waals surface area contributed by atoms with Crippen LogP contribution in [-0.4, -0.2) is 29.6 Å². The molecule has 3 nitrogen and oxygen atoms in total. The minimum atomic E-state index is 0.0586. The number of carbonyl (C=O) groups excluding carboxylic acids is 1. The first-order chi connectivity index (χ1) is 9.97. The number of nitrogens with zero attached hydrogens (tertiary/aromatic N) is 1. The molecule has 1 saturated heterocycles. The Bertz CT molecular complexity index is 302. The van der Waals surface area contributed by atoms with Gasteiger partial charge in [-0.15, -0.1) is 0 Å². The lowest BCUT2D eigenvalue weighted by Crippen LogP contribution is -2.41. The Morgan fingerprint density at radius 2 is 1.76 bits per heavy atom. The third-order valence-electron chi connectivity index (χ3n) is 4.43. The molecule has 0 bridgehead atoms. The molecule has 0 spiro atoms. The van der Waals surface area contributed by atoms with Crippen LogP contribution in [-0.2, 0) is 4.79 Å². The first-order valence-corrected chi connectivity index (χ1v) is 9.03. The topological polar surface area (TPSA) is 32.3 Å². The highest BCUT2D eigenvalue weighted by Gasteiger charge is 2.38. The summed E-state index contributed by atoms with van der Waals surface area (Å²) in [6, 6.07) is 0.0586. The van der Waals surface area contributed by atoms with Crippen molar-refractivity contribution in [2.75, 3.05) is 6.54 Å². The van der Waals surface area contributed by atoms with Gasteiger partial charge in [0.15, 0.2) is 0 Å². The van der Waals surface area contributed by atoms with E-state index in [9.17, 15) is 4.79 Å². The van der Waals surface area contributed by atoms with Crippen molar-refractivity contribution in [2.45, 2.75) is 91.8 Å². The Morgan fingerprint density at radius 3 is 2.33 bits per heavy atom. The van der Waals surface area contributed by atoms with Crippen LogP contribution in [0.3, 0.4) is 0 Å². The summed E-state index contributed by atoms with van der Waals surface area (Å²) in [5.41, 5.74) is 0. The first-order valence-electron chi connectivity index (χ1n) is 9.03. The predicted octanol–water partition coefficient (Wildman–Crippen LogP) is 4.18. The van der Waals surface area contributed by atoms with Gasteiger partial charge in [-0.3, -0.25) is 10.1 Å². The van der Waals surface area contributed by atoms with Gasteiger partial charge >= 0.3 is 0 Å². The summed E-state index contributed by atoms with van der Waals surface area (Å²) in [4.78, 5) is 14.6. The van der Waals surface area contributed by atoms with Gasteiger partial charge in [-0.05, 0) is 24.7 Å². The van der Waals surface area contributed by atoms with Crippen LogP contribution in [0.15, 0.2) is 0 Å². The second kappa shape index (κ2) is 9.45. The molecular weight excluding hydrogens is 260 g/mol. The normalized spacial score (nSPS) is 22.8. The molecule has 1 amide bonds. The van der Waals surface area contributed by atoms with E-state index >= 15 is 0 Å². The highest BCUT2D eigenvalue weighted by atomic mass is 16.2. The zero-order valence-electron chi connectivity index (χ0n) is 14.8. The smallest absolute Gasteiger partial charge is 0.241 e. The standard InChI is InChI=1S/C18H36N2O/c1-6-11-16-18(21)20(17(19-16)15(4)5)13-10-8-7-9-12-14(2)3/h14-17,19H,6-13H2,1-5H3. The van der Waals surface area contributed by atoms with Gasteiger partial charge in [-0.25, -0.2) is 0 Å². The van der Waals surface area contributed by atoms with Crippen LogP contribution in [0.5, 0.6) is 0 Å². The van der Waals surface area contributed by atoms with Crippen molar-refractivity contribution in [2.24, 2.45) is 11.8 Å². The molecule has 0 aromatic heterocycles. The van der Waals surface area contributed by atoms with Crippen molar-refractivity contribution in [3.05, 3.63) is 0 Å². The molecular formula is C18H36N2O. The number of hydrogen-bond donors (Lipinski definition) is 1. The summed E-state index contributed by atoms with van der Waals surface area (Å²) in [5, 5.41) is 3.53. The fourth-order valence-corrected chi connectivity index (χ4v) is 3.19. The van der Waals surface area contributed by atoms with Gasteiger partial charge in [-0.2, -0.15) is 0 Å². The lowest BCUT2D eigenvalue weighted by molar-refractivity contribution is -0.130. The van der Waals surface area contributed by atoms with Crippen molar-refractivity contribution in [3.8, 4) is 0 Å². The minimum absolute atomic E-state index is 0.0586. The van der Waals surface area contributed by atoms with E-state index in [2.05, 4.69) is 44.8 Å². The van der Waals surface area contributed by atoms with Gasteiger partial charge in [0.2, 0.25) is 5.91 Å². The lowest BCUT2D eigenvalue weighted by Gasteiger charge is -2.27. The van der Waals surface area contributed by atoms with Crippen LogP contribution < -0.4 is 5.32 Å². The maximum Gasteiger partial charge on any atom is 0.241 e. The second-order valence-corrected chi connectivity index (χ2v) is 7.33.